The third-order valence-corrected chi connectivity index (χ3v) is 6.89. The molecule has 1 fully saturated rings. The Kier molecular flexibility index (Phi) is 14.6. The van der Waals surface area contributed by atoms with Gasteiger partial charge in [-0.1, -0.05) is 47.6 Å². The molecule has 7 atom stereocenters. The van der Waals surface area contributed by atoms with Crippen LogP contribution < -0.4 is 31.7 Å². The molecule has 0 unspecified atom stereocenters. The van der Waals surface area contributed by atoms with Crippen LogP contribution in [0.5, 0.6) is 5.75 Å². The van der Waals surface area contributed by atoms with Crippen LogP contribution in [0.25, 0.3) is 0 Å². The normalized spacial score (nSPS) is 22.9. The van der Waals surface area contributed by atoms with Gasteiger partial charge in [0.05, 0.1) is 17.6 Å². The van der Waals surface area contributed by atoms with E-state index in [0.29, 0.717) is 5.56 Å². The first kappa shape index (κ1) is 37.8. The van der Waals surface area contributed by atoms with Gasteiger partial charge in [0.15, 0.2) is 6.10 Å². The highest BCUT2D eigenvalue weighted by Gasteiger charge is 2.48. The van der Waals surface area contributed by atoms with Crippen molar-refractivity contribution >= 4 is 29.4 Å². The molecule has 254 valence electrons. The Morgan fingerprint density at radius 2 is 1.62 bits per heavy atom. The summed E-state index contributed by atoms with van der Waals surface area (Å²) in [6.07, 6.45) is -8.69. The Bertz CT molecular complexity index is 1160. The molecule has 1 aliphatic rings. The third-order valence-electron chi connectivity index (χ3n) is 6.89. The van der Waals surface area contributed by atoms with Gasteiger partial charge in [0, 0.05) is 19.1 Å². The average Bonchev–Trinajstić information content (AvgIpc) is 2.98. The molecule has 15 heteroatoms. The number of benzene rings is 1. The summed E-state index contributed by atoms with van der Waals surface area (Å²) in [7, 11) is 0. The quantitative estimate of drug-likeness (QED) is 0.109. The molecule has 0 radical (unpaired) electrons. The van der Waals surface area contributed by atoms with E-state index in [1.54, 1.807) is 19.9 Å². The van der Waals surface area contributed by atoms with E-state index in [2.05, 4.69) is 21.3 Å². The lowest BCUT2D eigenvalue weighted by Gasteiger charge is -2.39. The zero-order chi connectivity index (χ0) is 34.0. The molecule has 1 aromatic rings. The lowest BCUT2D eigenvalue weighted by Crippen LogP contribution is -2.63. The second-order valence-electron chi connectivity index (χ2n) is 11.9. The van der Waals surface area contributed by atoms with Crippen molar-refractivity contribution in [3.8, 4) is 5.75 Å². The van der Waals surface area contributed by atoms with E-state index < -0.39 is 60.6 Å². The van der Waals surface area contributed by atoms with Crippen LogP contribution in [-0.4, -0.2) is 101 Å². The van der Waals surface area contributed by atoms with Gasteiger partial charge in [0.2, 0.25) is 18.1 Å². The van der Waals surface area contributed by atoms with Gasteiger partial charge in [-0.15, -0.1) is 0 Å². The maximum Gasteiger partial charge on any atom is 0.308 e. The van der Waals surface area contributed by atoms with Crippen LogP contribution in [0, 0.1) is 11.8 Å². The van der Waals surface area contributed by atoms with Gasteiger partial charge in [0.1, 0.15) is 36.7 Å². The van der Waals surface area contributed by atoms with Gasteiger partial charge in [-0.05, 0) is 30.5 Å². The van der Waals surface area contributed by atoms with Crippen molar-refractivity contribution < 1.29 is 48.7 Å². The molecular weight excluding hydrogens is 590 g/mol. The zero-order valence-corrected chi connectivity index (χ0v) is 26.9. The number of hydrogen-bond donors (Lipinski definition) is 8. The second kappa shape index (κ2) is 17.4. The van der Waals surface area contributed by atoms with Crippen LogP contribution in [0.1, 0.15) is 54.0 Å². The third kappa shape index (κ3) is 10.9. The van der Waals surface area contributed by atoms with E-state index in [0.717, 1.165) is 0 Å². The van der Waals surface area contributed by atoms with Crippen molar-refractivity contribution in [1.29, 1.82) is 0 Å². The lowest BCUT2D eigenvalue weighted by atomic mass is 9.98. The van der Waals surface area contributed by atoms with E-state index in [1.807, 2.05) is 27.7 Å². The molecule has 9 N–H and O–H groups in total. The van der Waals surface area contributed by atoms with E-state index in [1.165, 1.54) is 19.1 Å². The molecule has 0 bridgehead atoms. The molecule has 0 aromatic heterocycles. The van der Waals surface area contributed by atoms with Crippen molar-refractivity contribution in [2.24, 2.45) is 17.6 Å². The van der Waals surface area contributed by atoms with Gasteiger partial charge in [0.25, 0.3) is 5.91 Å². The number of amides is 3. The zero-order valence-electron chi connectivity index (χ0n) is 26.9. The maximum atomic E-state index is 13.2. The van der Waals surface area contributed by atoms with Crippen LogP contribution in [0.4, 0.5) is 5.69 Å². The number of carbonyl (C=O) groups excluding carboxylic acids is 4. The Morgan fingerprint density at radius 1 is 0.956 bits per heavy atom. The van der Waals surface area contributed by atoms with E-state index >= 15 is 0 Å². The smallest absolute Gasteiger partial charge is 0.308 e. The highest BCUT2D eigenvalue weighted by molar-refractivity contribution is 5.98. The minimum atomic E-state index is -1.82. The number of aliphatic hydroxyl groups excluding tert-OH is 3. The molecule has 0 spiro atoms. The minimum Gasteiger partial charge on any atom is -0.461 e. The van der Waals surface area contributed by atoms with Crippen LogP contribution in [0.3, 0.4) is 0 Å². The predicted molar refractivity (Wildman–Crippen MR) is 164 cm³/mol. The first-order chi connectivity index (χ1) is 21.1. The monoisotopic (exact) mass is 639 g/mol. The summed E-state index contributed by atoms with van der Waals surface area (Å²) in [5.74, 6) is -2.67. The second-order valence-corrected chi connectivity index (χ2v) is 11.9. The molecule has 3 amide bonds. The summed E-state index contributed by atoms with van der Waals surface area (Å²) in [5, 5.41) is 42.5. The minimum absolute atomic E-state index is 0.0358. The topological polar surface area (TPSA) is 231 Å². The molecular formula is C30H49N5O10. The van der Waals surface area contributed by atoms with Crippen molar-refractivity contribution in [1.82, 2.24) is 16.0 Å². The number of hydrogen-bond acceptors (Lipinski definition) is 12. The molecule has 0 saturated carbocycles. The number of carbonyl (C=O) groups is 4. The number of nitrogens with two attached hydrogens (primary N) is 1. The Morgan fingerprint density at radius 3 is 2.20 bits per heavy atom. The van der Waals surface area contributed by atoms with Crippen LogP contribution in [-0.2, 0) is 35.3 Å². The number of aliphatic hydroxyl groups is 3. The first-order valence-corrected chi connectivity index (χ1v) is 15.1. The molecule has 1 aromatic carbocycles. The number of anilines is 1. The summed E-state index contributed by atoms with van der Waals surface area (Å²) in [5.41, 5.74) is 5.95. The highest BCUT2D eigenvalue weighted by Crippen LogP contribution is 2.31. The van der Waals surface area contributed by atoms with Crippen LogP contribution >= 0.6 is 0 Å². The van der Waals surface area contributed by atoms with E-state index in [4.69, 9.17) is 19.9 Å². The van der Waals surface area contributed by atoms with Gasteiger partial charge in [-0.3, -0.25) is 19.2 Å². The fourth-order valence-electron chi connectivity index (χ4n) is 4.30. The Hall–Kier alpha value is -3.34. The molecule has 15 nitrogen and oxygen atoms in total. The lowest BCUT2D eigenvalue weighted by molar-refractivity contribution is -0.266. The number of rotatable bonds is 15. The Balaban J connectivity index is 2.33. The van der Waals surface area contributed by atoms with Crippen molar-refractivity contribution in [3.63, 3.8) is 0 Å². The van der Waals surface area contributed by atoms with Crippen molar-refractivity contribution in [2.45, 2.75) is 104 Å². The van der Waals surface area contributed by atoms with Crippen LogP contribution in [0.2, 0.25) is 0 Å². The summed E-state index contributed by atoms with van der Waals surface area (Å²) in [6, 6.07) is 2.98. The largest absolute Gasteiger partial charge is 0.461 e. The molecule has 1 aliphatic heterocycles. The van der Waals surface area contributed by atoms with Crippen LogP contribution in [0.15, 0.2) is 18.2 Å². The first-order valence-electron chi connectivity index (χ1n) is 15.1. The van der Waals surface area contributed by atoms with E-state index in [9.17, 15) is 34.5 Å². The van der Waals surface area contributed by atoms with Crippen molar-refractivity contribution in [3.05, 3.63) is 23.8 Å². The molecule has 45 heavy (non-hydrogen) atoms. The SMILES string of the molecule is CC(C)N[C@H](C(=O)N[C@@H](C)C(=O)Nc1ccc(COC(=O)C(C)C)cc1O[C@@H]1O[C@H](C(=O)NCCN)[C@@H](O)[C@H](O)[C@H]1O)C(C)C. The molecule has 1 saturated heterocycles. The summed E-state index contributed by atoms with van der Waals surface area (Å²) >= 11 is 0. The number of ether oxygens (including phenoxy) is 3. The van der Waals surface area contributed by atoms with Gasteiger partial charge in [-0.2, -0.15) is 0 Å². The summed E-state index contributed by atoms with van der Waals surface area (Å²) < 4.78 is 16.7. The predicted octanol–water partition coefficient (Wildman–Crippen LogP) is -0.887. The number of esters is 1. The average molecular weight is 640 g/mol. The Labute approximate surface area is 263 Å². The van der Waals surface area contributed by atoms with Crippen molar-refractivity contribution in [2.75, 3.05) is 18.4 Å². The molecule has 2 rings (SSSR count). The molecule has 1 heterocycles. The fraction of sp³-hybridized carbons (Fsp3) is 0.667. The summed E-state index contributed by atoms with van der Waals surface area (Å²) in [6.45, 7) is 12.5. The fourth-order valence-corrected chi connectivity index (χ4v) is 4.30. The van der Waals surface area contributed by atoms with E-state index in [-0.39, 0.29) is 54.9 Å². The van der Waals surface area contributed by atoms with Gasteiger partial charge >= 0.3 is 5.97 Å². The molecule has 0 aliphatic carbocycles. The standard InChI is InChI=1S/C30H49N5O10/c1-14(2)21(33-16(5)6)27(40)34-17(7)26(39)35-19-9-8-18(13-43-29(42)15(3)4)12-20(19)44-30-24(38)22(36)23(37)25(45-30)28(41)32-11-10-31/h8-9,12,14-17,21-25,30,33,36-38H,10-11,13,31H2,1-7H3,(H,32,41)(H,34,40)(H,35,39)/t17-,21-,22-,23-,24+,25-,30+/m0/s1. The van der Waals surface area contributed by atoms with Gasteiger partial charge in [-0.25, -0.2) is 0 Å². The number of nitrogens with one attached hydrogen (secondary N) is 4. The maximum absolute atomic E-state index is 13.2. The van der Waals surface area contributed by atoms with Gasteiger partial charge < -0.3 is 56.5 Å². The highest BCUT2D eigenvalue weighted by atomic mass is 16.7. The summed E-state index contributed by atoms with van der Waals surface area (Å²) in [4.78, 5) is 50.7.